The van der Waals surface area contributed by atoms with Crippen LogP contribution in [0.5, 0.6) is 0 Å². The van der Waals surface area contributed by atoms with Crippen molar-refractivity contribution in [3.05, 3.63) is 43.0 Å². The molecule has 2 rings (SSSR count). The predicted octanol–water partition coefficient (Wildman–Crippen LogP) is 2.07. The third kappa shape index (κ3) is 3.94. The van der Waals surface area contributed by atoms with E-state index in [-0.39, 0.29) is 18.7 Å². The van der Waals surface area contributed by atoms with Gasteiger partial charge in [-0.1, -0.05) is 6.07 Å². The summed E-state index contributed by atoms with van der Waals surface area (Å²) < 4.78 is 1.83. The largest absolute Gasteiger partial charge is 0.481 e. The highest BCUT2D eigenvalue weighted by Crippen LogP contribution is 2.14. The first-order valence-electron chi connectivity index (χ1n) is 6.25. The molecule has 2 aromatic rings. The molecule has 0 aliphatic rings. The second kappa shape index (κ2) is 6.51. The Morgan fingerprint density at radius 2 is 2.15 bits per heavy atom. The van der Waals surface area contributed by atoms with Gasteiger partial charge < -0.3 is 15.0 Å². The number of aromatic nitrogens is 2. The Bertz CT molecular complexity index is 593. The van der Waals surface area contributed by atoms with E-state index < -0.39 is 5.97 Å². The van der Waals surface area contributed by atoms with Crippen molar-refractivity contribution in [2.75, 3.05) is 5.32 Å². The molecular formula is C14H15N3O3. The van der Waals surface area contributed by atoms with E-state index in [1.165, 1.54) is 0 Å². The molecule has 104 valence electrons. The zero-order chi connectivity index (χ0) is 14.4. The number of carbonyl (C=O) groups excluding carboxylic acids is 1. The SMILES string of the molecule is O=C(O)CCCC(=O)Nc1cccc(-n2ccnc2)c1. The molecule has 0 bridgehead atoms. The van der Waals surface area contributed by atoms with Gasteiger partial charge in [0.25, 0.3) is 0 Å². The summed E-state index contributed by atoms with van der Waals surface area (Å²) in [5.74, 6) is -1.08. The van der Waals surface area contributed by atoms with Crippen LogP contribution in [0.1, 0.15) is 19.3 Å². The van der Waals surface area contributed by atoms with Crippen molar-refractivity contribution in [3.63, 3.8) is 0 Å². The molecular weight excluding hydrogens is 258 g/mol. The van der Waals surface area contributed by atoms with Crippen LogP contribution in [-0.4, -0.2) is 26.5 Å². The van der Waals surface area contributed by atoms with Crippen molar-refractivity contribution in [1.82, 2.24) is 9.55 Å². The Labute approximate surface area is 116 Å². The molecule has 1 amide bonds. The molecule has 0 spiro atoms. The topological polar surface area (TPSA) is 84.2 Å². The van der Waals surface area contributed by atoms with E-state index in [1.54, 1.807) is 18.6 Å². The highest BCUT2D eigenvalue weighted by Gasteiger charge is 2.05. The Morgan fingerprint density at radius 3 is 2.85 bits per heavy atom. The number of hydrogen-bond acceptors (Lipinski definition) is 3. The molecule has 1 heterocycles. The maximum Gasteiger partial charge on any atom is 0.303 e. The number of carboxylic acid groups (broad SMARTS) is 1. The average molecular weight is 273 g/mol. The number of aliphatic carboxylic acids is 1. The van der Waals surface area contributed by atoms with E-state index in [1.807, 2.05) is 29.0 Å². The molecule has 0 fully saturated rings. The molecule has 2 N–H and O–H groups in total. The van der Waals surface area contributed by atoms with Crippen molar-refractivity contribution in [3.8, 4) is 5.69 Å². The molecule has 1 aromatic heterocycles. The lowest BCUT2D eigenvalue weighted by Gasteiger charge is -2.07. The van der Waals surface area contributed by atoms with E-state index in [2.05, 4.69) is 10.3 Å². The monoisotopic (exact) mass is 273 g/mol. The highest BCUT2D eigenvalue weighted by atomic mass is 16.4. The zero-order valence-corrected chi connectivity index (χ0v) is 10.8. The van der Waals surface area contributed by atoms with Crippen LogP contribution in [0, 0.1) is 0 Å². The van der Waals surface area contributed by atoms with Crippen molar-refractivity contribution in [1.29, 1.82) is 0 Å². The summed E-state index contributed by atoms with van der Waals surface area (Å²) in [4.78, 5) is 26.0. The molecule has 0 saturated carbocycles. The molecule has 0 aliphatic heterocycles. The third-order valence-corrected chi connectivity index (χ3v) is 2.73. The number of carboxylic acids is 1. The van der Waals surface area contributed by atoms with Crippen LogP contribution in [0.15, 0.2) is 43.0 Å². The minimum absolute atomic E-state index is 0.00248. The summed E-state index contributed by atoms with van der Waals surface area (Å²) in [5.41, 5.74) is 1.57. The quantitative estimate of drug-likeness (QED) is 0.843. The number of carbonyl (C=O) groups is 2. The van der Waals surface area contributed by atoms with Gasteiger partial charge >= 0.3 is 5.97 Å². The van der Waals surface area contributed by atoms with Crippen LogP contribution < -0.4 is 5.32 Å². The van der Waals surface area contributed by atoms with Crippen molar-refractivity contribution < 1.29 is 14.7 Å². The third-order valence-electron chi connectivity index (χ3n) is 2.73. The number of hydrogen-bond donors (Lipinski definition) is 2. The van der Waals surface area contributed by atoms with Crippen LogP contribution in [0.3, 0.4) is 0 Å². The number of imidazole rings is 1. The second-order valence-electron chi connectivity index (χ2n) is 4.32. The Hall–Kier alpha value is -2.63. The van der Waals surface area contributed by atoms with Gasteiger partial charge in [0, 0.05) is 36.6 Å². The summed E-state index contributed by atoms with van der Waals surface area (Å²) in [6.45, 7) is 0. The summed E-state index contributed by atoms with van der Waals surface area (Å²) >= 11 is 0. The van der Waals surface area contributed by atoms with Crippen LogP contribution in [0.2, 0.25) is 0 Å². The lowest BCUT2D eigenvalue weighted by molar-refractivity contribution is -0.137. The number of rotatable bonds is 6. The number of anilines is 1. The van der Waals surface area contributed by atoms with Crippen LogP contribution in [-0.2, 0) is 9.59 Å². The molecule has 0 atom stereocenters. The van der Waals surface area contributed by atoms with Crippen LogP contribution >= 0.6 is 0 Å². The van der Waals surface area contributed by atoms with E-state index in [0.717, 1.165) is 5.69 Å². The smallest absolute Gasteiger partial charge is 0.303 e. The Kier molecular flexibility index (Phi) is 4.49. The standard InChI is InChI=1S/C14H15N3O3/c18-13(5-2-6-14(19)20)16-11-3-1-4-12(9-11)17-8-7-15-10-17/h1,3-4,7-10H,2,5-6H2,(H,16,18)(H,19,20). The van der Waals surface area contributed by atoms with Gasteiger partial charge in [-0.3, -0.25) is 9.59 Å². The normalized spacial score (nSPS) is 10.2. The van der Waals surface area contributed by atoms with E-state index in [9.17, 15) is 9.59 Å². The minimum atomic E-state index is -0.889. The number of benzene rings is 1. The predicted molar refractivity (Wildman–Crippen MR) is 73.7 cm³/mol. The average Bonchev–Trinajstić information content (AvgIpc) is 2.92. The van der Waals surface area contributed by atoms with Gasteiger partial charge in [0.05, 0.1) is 6.33 Å². The Morgan fingerprint density at radius 1 is 1.30 bits per heavy atom. The van der Waals surface area contributed by atoms with E-state index >= 15 is 0 Å². The lowest BCUT2D eigenvalue weighted by Crippen LogP contribution is -2.12. The first-order chi connectivity index (χ1) is 9.65. The van der Waals surface area contributed by atoms with Crippen molar-refractivity contribution in [2.24, 2.45) is 0 Å². The number of amides is 1. The molecule has 0 aliphatic carbocycles. The molecule has 1 aromatic carbocycles. The van der Waals surface area contributed by atoms with Crippen LogP contribution in [0.4, 0.5) is 5.69 Å². The fourth-order valence-electron chi connectivity index (χ4n) is 1.78. The molecule has 0 unspecified atom stereocenters. The highest BCUT2D eigenvalue weighted by molar-refractivity contribution is 5.91. The van der Waals surface area contributed by atoms with Gasteiger partial charge in [-0.25, -0.2) is 4.98 Å². The molecule has 0 radical (unpaired) electrons. The molecule has 20 heavy (non-hydrogen) atoms. The number of nitrogens with zero attached hydrogens (tertiary/aromatic N) is 2. The van der Waals surface area contributed by atoms with Gasteiger partial charge in [-0.2, -0.15) is 0 Å². The number of nitrogens with one attached hydrogen (secondary N) is 1. The fourth-order valence-corrected chi connectivity index (χ4v) is 1.78. The maximum absolute atomic E-state index is 11.7. The summed E-state index contributed by atoms with van der Waals surface area (Å²) in [7, 11) is 0. The minimum Gasteiger partial charge on any atom is -0.481 e. The summed E-state index contributed by atoms with van der Waals surface area (Å²) in [5, 5.41) is 11.3. The van der Waals surface area contributed by atoms with Crippen molar-refractivity contribution >= 4 is 17.6 Å². The molecule has 0 saturated heterocycles. The second-order valence-corrected chi connectivity index (χ2v) is 4.32. The first-order valence-corrected chi connectivity index (χ1v) is 6.25. The summed E-state index contributed by atoms with van der Waals surface area (Å²) in [6.07, 6.45) is 5.70. The lowest BCUT2D eigenvalue weighted by atomic mass is 10.2. The zero-order valence-electron chi connectivity index (χ0n) is 10.8. The maximum atomic E-state index is 11.7. The van der Waals surface area contributed by atoms with E-state index in [4.69, 9.17) is 5.11 Å². The fraction of sp³-hybridized carbons (Fsp3) is 0.214. The Balaban J connectivity index is 1.94. The van der Waals surface area contributed by atoms with Gasteiger partial charge in [-0.05, 0) is 24.6 Å². The van der Waals surface area contributed by atoms with Gasteiger partial charge in [0.2, 0.25) is 5.91 Å². The van der Waals surface area contributed by atoms with Gasteiger partial charge in [0.15, 0.2) is 0 Å². The van der Waals surface area contributed by atoms with Gasteiger partial charge in [-0.15, -0.1) is 0 Å². The van der Waals surface area contributed by atoms with Crippen LogP contribution in [0.25, 0.3) is 5.69 Å². The first kappa shape index (κ1) is 13.8. The summed E-state index contributed by atoms with van der Waals surface area (Å²) in [6, 6.07) is 7.36. The van der Waals surface area contributed by atoms with Gasteiger partial charge in [0.1, 0.15) is 0 Å². The van der Waals surface area contributed by atoms with E-state index in [0.29, 0.717) is 12.1 Å². The molecule has 6 heteroatoms. The molecule has 6 nitrogen and oxygen atoms in total. The van der Waals surface area contributed by atoms with Crippen molar-refractivity contribution in [2.45, 2.75) is 19.3 Å².